The first kappa shape index (κ1) is 21.6. The van der Waals surface area contributed by atoms with Crippen LogP contribution in [0.4, 0.5) is 0 Å². The summed E-state index contributed by atoms with van der Waals surface area (Å²) in [4.78, 5) is 22.6. The predicted octanol–water partition coefficient (Wildman–Crippen LogP) is 5.08. The summed E-state index contributed by atoms with van der Waals surface area (Å²) in [6.07, 6.45) is 16.3. The number of unbranched alkanes of at least 4 members (excludes halogenated alkanes) is 4. The van der Waals surface area contributed by atoms with Crippen LogP contribution < -0.4 is 0 Å². The molecular weight excluding hydrogens is 316 g/mol. The van der Waals surface area contributed by atoms with Gasteiger partial charge in [-0.05, 0) is 44.1 Å². The molecule has 1 aliphatic carbocycles. The van der Waals surface area contributed by atoms with Crippen LogP contribution in [0.5, 0.6) is 0 Å². The van der Waals surface area contributed by atoms with Crippen LogP contribution in [0.3, 0.4) is 0 Å². The molecule has 1 rings (SSSR count). The molecule has 2 atom stereocenters. The Hall–Kier alpha value is -1.42. The average molecular weight is 350 g/mol. The summed E-state index contributed by atoms with van der Waals surface area (Å²) in [6.45, 7) is 2.19. The first-order chi connectivity index (χ1) is 12.1. The number of carbonyl (C=O) groups is 2. The highest BCUT2D eigenvalue weighted by molar-refractivity contribution is 5.98. The lowest BCUT2D eigenvalue weighted by Crippen LogP contribution is -2.09. The highest BCUT2D eigenvalue weighted by Gasteiger charge is 2.25. The van der Waals surface area contributed by atoms with Gasteiger partial charge in [0, 0.05) is 25.9 Å². The standard InChI is InChI=1S/C21H34O4/c1-3-4-11-18(25-2)12-9-10-17-15-16-20(22)19(17)13-7-5-6-8-14-21(23)24/h9-10,13,17-18H,3-8,11-12,14-16H2,1-2H3,(H,23,24)/t17-,18?/m0/s1. The molecule has 1 fully saturated rings. The van der Waals surface area contributed by atoms with Gasteiger partial charge < -0.3 is 9.84 Å². The summed E-state index contributed by atoms with van der Waals surface area (Å²) in [5.74, 6) is -0.215. The Morgan fingerprint density at radius 3 is 2.80 bits per heavy atom. The number of Topliss-reactive ketones (excluding diaryl/α,β-unsaturated/α-hetero) is 1. The van der Waals surface area contributed by atoms with Crippen molar-refractivity contribution in [3.05, 3.63) is 23.8 Å². The average Bonchev–Trinajstić information content (AvgIpc) is 2.94. The third-order valence-corrected chi connectivity index (χ3v) is 4.84. The fourth-order valence-corrected chi connectivity index (χ4v) is 3.27. The van der Waals surface area contributed by atoms with Gasteiger partial charge in [-0.25, -0.2) is 0 Å². The fraction of sp³-hybridized carbons (Fsp3) is 0.714. The van der Waals surface area contributed by atoms with Crippen molar-refractivity contribution in [3.8, 4) is 0 Å². The van der Waals surface area contributed by atoms with Crippen molar-refractivity contribution in [2.45, 2.75) is 83.7 Å². The van der Waals surface area contributed by atoms with Gasteiger partial charge in [-0.3, -0.25) is 9.59 Å². The minimum atomic E-state index is -0.733. The lowest BCUT2D eigenvalue weighted by Gasteiger charge is -2.13. The monoisotopic (exact) mass is 350 g/mol. The molecule has 1 N–H and O–H groups in total. The van der Waals surface area contributed by atoms with Crippen molar-refractivity contribution in [2.75, 3.05) is 7.11 Å². The molecule has 142 valence electrons. The highest BCUT2D eigenvalue weighted by atomic mass is 16.5. The molecule has 0 aromatic rings. The Morgan fingerprint density at radius 1 is 1.32 bits per heavy atom. The number of rotatable bonds is 13. The molecule has 0 radical (unpaired) electrons. The van der Waals surface area contributed by atoms with Crippen LogP contribution in [0, 0.1) is 5.92 Å². The molecule has 0 amide bonds. The lowest BCUT2D eigenvalue weighted by molar-refractivity contribution is -0.137. The van der Waals surface area contributed by atoms with Crippen LogP contribution in [0.15, 0.2) is 23.8 Å². The van der Waals surface area contributed by atoms with Gasteiger partial charge in [0.1, 0.15) is 0 Å². The maximum absolute atomic E-state index is 12.1. The largest absolute Gasteiger partial charge is 0.481 e. The van der Waals surface area contributed by atoms with Crippen molar-refractivity contribution in [2.24, 2.45) is 5.92 Å². The summed E-state index contributed by atoms with van der Waals surface area (Å²) < 4.78 is 5.51. The normalized spacial score (nSPS) is 20.6. The summed E-state index contributed by atoms with van der Waals surface area (Å²) in [6, 6.07) is 0. The molecule has 4 nitrogen and oxygen atoms in total. The first-order valence-corrected chi connectivity index (χ1v) is 9.73. The number of methoxy groups -OCH3 is 1. The van der Waals surface area contributed by atoms with E-state index in [9.17, 15) is 9.59 Å². The van der Waals surface area contributed by atoms with Crippen molar-refractivity contribution in [1.82, 2.24) is 0 Å². The molecule has 25 heavy (non-hydrogen) atoms. The van der Waals surface area contributed by atoms with Crippen LogP contribution in [0.1, 0.15) is 77.6 Å². The number of carbonyl (C=O) groups excluding carboxylic acids is 1. The van der Waals surface area contributed by atoms with Crippen molar-refractivity contribution >= 4 is 11.8 Å². The van der Waals surface area contributed by atoms with Crippen LogP contribution in [-0.2, 0) is 14.3 Å². The van der Waals surface area contributed by atoms with Gasteiger partial charge in [0.05, 0.1) is 6.10 Å². The second-order valence-corrected chi connectivity index (χ2v) is 6.88. The number of carboxylic acids is 1. The van der Waals surface area contributed by atoms with E-state index in [1.807, 2.05) is 0 Å². The third-order valence-electron chi connectivity index (χ3n) is 4.84. The molecule has 0 heterocycles. The van der Waals surface area contributed by atoms with Crippen molar-refractivity contribution < 1.29 is 19.4 Å². The zero-order valence-electron chi connectivity index (χ0n) is 15.8. The molecule has 0 saturated heterocycles. The topological polar surface area (TPSA) is 63.6 Å². The SMILES string of the molecule is CCCCC(CC=C[C@H]1CCC(=O)C1=CCCCCCC(=O)O)OC. The van der Waals surface area contributed by atoms with E-state index in [2.05, 4.69) is 25.2 Å². The smallest absolute Gasteiger partial charge is 0.303 e. The van der Waals surface area contributed by atoms with Crippen LogP contribution in [-0.4, -0.2) is 30.1 Å². The number of carboxylic acid groups (broad SMARTS) is 1. The van der Waals surface area contributed by atoms with Gasteiger partial charge in [-0.2, -0.15) is 0 Å². The fourth-order valence-electron chi connectivity index (χ4n) is 3.27. The number of hydrogen-bond acceptors (Lipinski definition) is 3. The second-order valence-electron chi connectivity index (χ2n) is 6.88. The summed E-state index contributed by atoms with van der Waals surface area (Å²) >= 11 is 0. The van der Waals surface area contributed by atoms with E-state index in [1.165, 1.54) is 12.8 Å². The molecule has 1 unspecified atom stereocenters. The van der Waals surface area contributed by atoms with E-state index >= 15 is 0 Å². The maximum Gasteiger partial charge on any atom is 0.303 e. The Balaban J connectivity index is 2.41. The Labute approximate surface area is 152 Å². The van der Waals surface area contributed by atoms with Crippen molar-refractivity contribution in [3.63, 3.8) is 0 Å². The van der Waals surface area contributed by atoms with E-state index in [-0.39, 0.29) is 24.2 Å². The van der Waals surface area contributed by atoms with E-state index < -0.39 is 5.97 Å². The van der Waals surface area contributed by atoms with Crippen molar-refractivity contribution in [1.29, 1.82) is 0 Å². The van der Waals surface area contributed by atoms with Gasteiger partial charge in [-0.1, -0.05) is 44.4 Å². The summed E-state index contributed by atoms with van der Waals surface area (Å²) in [5.41, 5.74) is 0.956. The van der Waals surface area contributed by atoms with Crippen LogP contribution >= 0.6 is 0 Å². The Kier molecular flexibility index (Phi) is 11.1. The lowest BCUT2D eigenvalue weighted by atomic mass is 9.98. The quantitative estimate of drug-likeness (QED) is 0.286. The van der Waals surface area contributed by atoms with E-state index in [0.717, 1.165) is 44.1 Å². The van der Waals surface area contributed by atoms with Crippen LogP contribution in [0.25, 0.3) is 0 Å². The van der Waals surface area contributed by atoms with Gasteiger partial charge in [-0.15, -0.1) is 0 Å². The van der Waals surface area contributed by atoms with Gasteiger partial charge >= 0.3 is 5.97 Å². The summed E-state index contributed by atoms with van der Waals surface area (Å²) in [7, 11) is 1.77. The highest BCUT2D eigenvalue weighted by Crippen LogP contribution is 2.30. The predicted molar refractivity (Wildman–Crippen MR) is 101 cm³/mol. The van der Waals surface area contributed by atoms with Crippen LogP contribution in [0.2, 0.25) is 0 Å². The van der Waals surface area contributed by atoms with E-state index in [1.54, 1.807) is 7.11 Å². The zero-order valence-corrected chi connectivity index (χ0v) is 15.8. The molecular formula is C21H34O4. The molecule has 0 spiro atoms. The minimum Gasteiger partial charge on any atom is -0.481 e. The molecule has 1 saturated carbocycles. The molecule has 1 aliphatic rings. The number of aliphatic carboxylic acids is 1. The third kappa shape index (κ3) is 9.01. The Bertz CT molecular complexity index is 465. The second kappa shape index (κ2) is 12.9. The van der Waals surface area contributed by atoms with Gasteiger partial charge in [0.25, 0.3) is 0 Å². The molecule has 4 heteroatoms. The molecule has 0 aromatic heterocycles. The summed E-state index contributed by atoms with van der Waals surface area (Å²) in [5, 5.41) is 8.63. The first-order valence-electron chi connectivity index (χ1n) is 9.73. The number of allylic oxidation sites excluding steroid dienone is 3. The number of ether oxygens (including phenoxy) is 1. The van der Waals surface area contributed by atoms with E-state index in [0.29, 0.717) is 12.8 Å². The van der Waals surface area contributed by atoms with Gasteiger partial charge in [0.2, 0.25) is 0 Å². The minimum absolute atomic E-state index is 0.236. The maximum atomic E-state index is 12.1. The van der Waals surface area contributed by atoms with E-state index in [4.69, 9.17) is 9.84 Å². The zero-order chi connectivity index (χ0) is 18.5. The Morgan fingerprint density at radius 2 is 2.12 bits per heavy atom. The molecule has 0 aliphatic heterocycles. The molecule has 0 bridgehead atoms. The number of hydrogen-bond donors (Lipinski definition) is 1. The number of ketones is 1. The molecule has 0 aromatic carbocycles. The van der Waals surface area contributed by atoms with Gasteiger partial charge in [0.15, 0.2) is 5.78 Å².